The molecular formula is C15H17ClN2O2S. The molecular weight excluding hydrogens is 308 g/mol. The van der Waals surface area contributed by atoms with Crippen LogP contribution in [0.1, 0.15) is 43.9 Å². The summed E-state index contributed by atoms with van der Waals surface area (Å²) in [4.78, 5) is 29.8. The molecule has 0 aromatic carbocycles. The van der Waals surface area contributed by atoms with Crippen LogP contribution in [0.15, 0.2) is 12.1 Å². The van der Waals surface area contributed by atoms with Gasteiger partial charge in [0, 0.05) is 23.2 Å². The van der Waals surface area contributed by atoms with E-state index in [4.69, 9.17) is 11.6 Å². The Bertz CT molecular complexity index is 703. The highest BCUT2D eigenvalue weighted by Gasteiger charge is 2.22. The van der Waals surface area contributed by atoms with E-state index >= 15 is 0 Å². The highest BCUT2D eigenvalue weighted by Crippen LogP contribution is 2.24. The molecule has 0 bridgehead atoms. The van der Waals surface area contributed by atoms with Crippen LogP contribution in [-0.2, 0) is 6.54 Å². The zero-order valence-electron chi connectivity index (χ0n) is 12.4. The quantitative estimate of drug-likeness (QED) is 0.869. The Kier molecular flexibility index (Phi) is 4.54. The average molecular weight is 325 g/mol. The number of hydrogen-bond acceptors (Lipinski definition) is 3. The van der Waals surface area contributed by atoms with E-state index in [1.165, 1.54) is 18.3 Å². The fourth-order valence-electron chi connectivity index (χ4n) is 2.43. The molecule has 6 heteroatoms. The number of aryl methyl sites for hydroxylation is 1. The first-order valence-electron chi connectivity index (χ1n) is 6.51. The zero-order valence-corrected chi connectivity index (χ0v) is 14.0. The van der Waals surface area contributed by atoms with Crippen LogP contribution >= 0.6 is 22.9 Å². The molecule has 2 rings (SSSR count). The number of aromatic amines is 1. The van der Waals surface area contributed by atoms with E-state index in [2.05, 4.69) is 4.98 Å². The fourth-order valence-corrected chi connectivity index (χ4v) is 3.57. The van der Waals surface area contributed by atoms with Crippen molar-refractivity contribution >= 4 is 34.6 Å². The Morgan fingerprint density at radius 1 is 1.33 bits per heavy atom. The van der Waals surface area contributed by atoms with Crippen LogP contribution in [0.5, 0.6) is 0 Å². The van der Waals surface area contributed by atoms with Gasteiger partial charge in [-0.05, 0) is 38.5 Å². The summed E-state index contributed by atoms with van der Waals surface area (Å²) in [5.74, 6) is -0.166. The van der Waals surface area contributed by atoms with Crippen LogP contribution in [0, 0.1) is 13.8 Å². The number of H-pyrrole nitrogens is 1. The van der Waals surface area contributed by atoms with Crippen molar-refractivity contribution in [2.24, 2.45) is 0 Å². The minimum atomic E-state index is -0.132. The maximum Gasteiger partial charge on any atom is 0.270 e. The second-order valence-corrected chi connectivity index (χ2v) is 6.85. The lowest BCUT2D eigenvalue weighted by Crippen LogP contribution is -2.26. The first-order valence-corrected chi connectivity index (χ1v) is 7.70. The van der Waals surface area contributed by atoms with Crippen molar-refractivity contribution in [3.63, 3.8) is 0 Å². The van der Waals surface area contributed by atoms with E-state index in [-0.39, 0.29) is 11.7 Å². The van der Waals surface area contributed by atoms with E-state index in [0.29, 0.717) is 27.7 Å². The van der Waals surface area contributed by atoms with Crippen molar-refractivity contribution in [2.75, 3.05) is 7.05 Å². The normalized spacial score (nSPS) is 10.7. The largest absolute Gasteiger partial charge is 0.354 e. The Labute approximate surface area is 132 Å². The van der Waals surface area contributed by atoms with E-state index in [1.807, 2.05) is 12.1 Å². The molecule has 0 saturated heterocycles. The number of rotatable bonds is 4. The number of Topliss-reactive ketones (excluding diaryl/α,β-unsaturated/α-hetero) is 1. The molecule has 21 heavy (non-hydrogen) atoms. The van der Waals surface area contributed by atoms with E-state index < -0.39 is 0 Å². The average Bonchev–Trinajstić information content (AvgIpc) is 2.92. The number of thiophene rings is 1. The van der Waals surface area contributed by atoms with Gasteiger partial charge in [0.1, 0.15) is 5.69 Å². The molecule has 0 fully saturated rings. The Morgan fingerprint density at radius 3 is 2.48 bits per heavy atom. The summed E-state index contributed by atoms with van der Waals surface area (Å²) in [6.45, 7) is 5.60. The van der Waals surface area contributed by atoms with Crippen molar-refractivity contribution < 1.29 is 9.59 Å². The van der Waals surface area contributed by atoms with Crippen molar-refractivity contribution in [1.29, 1.82) is 0 Å². The number of nitrogens with one attached hydrogen (secondary N) is 1. The third-order valence-corrected chi connectivity index (χ3v) is 4.59. The van der Waals surface area contributed by atoms with E-state index in [9.17, 15) is 9.59 Å². The summed E-state index contributed by atoms with van der Waals surface area (Å²) < 4.78 is 0.705. The highest BCUT2D eigenvalue weighted by atomic mass is 35.5. The second-order valence-electron chi connectivity index (χ2n) is 5.05. The van der Waals surface area contributed by atoms with Gasteiger partial charge in [0.2, 0.25) is 0 Å². The lowest BCUT2D eigenvalue weighted by molar-refractivity contribution is 0.0780. The molecule has 1 amide bonds. The molecule has 0 aliphatic carbocycles. The summed E-state index contributed by atoms with van der Waals surface area (Å²) in [6.07, 6.45) is 0. The molecule has 0 radical (unpaired) electrons. The summed E-state index contributed by atoms with van der Waals surface area (Å²) in [7, 11) is 1.74. The molecule has 112 valence electrons. The molecule has 2 aromatic heterocycles. The number of aromatic nitrogens is 1. The maximum absolute atomic E-state index is 12.5. The summed E-state index contributed by atoms with van der Waals surface area (Å²) in [6, 6.07) is 3.72. The summed E-state index contributed by atoms with van der Waals surface area (Å²) in [5, 5.41) is 0. The van der Waals surface area contributed by atoms with Crippen LogP contribution < -0.4 is 0 Å². The van der Waals surface area contributed by atoms with Crippen LogP contribution in [0.3, 0.4) is 0 Å². The lowest BCUT2D eigenvalue weighted by atomic mass is 10.1. The van der Waals surface area contributed by atoms with Gasteiger partial charge in [0.05, 0.1) is 10.9 Å². The number of carbonyl (C=O) groups excluding carboxylic acids is 2. The third-order valence-electron chi connectivity index (χ3n) is 3.37. The predicted octanol–water partition coefficient (Wildman–Crippen LogP) is 3.82. The van der Waals surface area contributed by atoms with E-state index in [1.54, 1.807) is 25.8 Å². The molecule has 0 unspecified atom stereocenters. The maximum atomic E-state index is 12.5. The number of hydrogen-bond donors (Lipinski definition) is 1. The highest BCUT2D eigenvalue weighted by molar-refractivity contribution is 7.16. The predicted molar refractivity (Wildman–Crippen MR) is 85.4 cm³/mol. The first kappa shape index (κ1) is 15.8. The summed E-state index contributed by atoms with van der Waals surface area (Å²) >= 11 is 7.35. The SMILES string of the molecule is CC(=O)c1c(C)[nH]c(C(=O)N(C)Cc2ccc(Cl)s2)c1C. The minimum Gasteiger partial charge on any atom is -0.354 e. The fraction of sp³-hybridized carbons (Fsp3) is 0.333. The Morgan fingerprint density at radius 2 is 2.00 bits per heavy atom. The Balaban J connectivity index is 2.23. The van der Waals surface area contributed by atoms with Gasteiger partial charge in [-0.25, -0.2) is 0 Å². The van der Waals surface area contributed by atoms with Gasteiger partial charge in [-0.2, -0.15) is 0 Å². The number of carbonyl (C=O) groups is 2. The molecule has 1 N–H and O–H groups in total. The molecule has 0 aliphatic heterocycles. The monoisotopic (exact) mass is 324 g/mol. The molecule has 0 saturated carbocycles. The van der Waals surface area contributed by atoms with Gasteiger partial charge in [-0.1, -0.05) is 11.6 Å². The number of nitrogens with zero attached hydrogens (tertiary/aromatic N) is 1. The van der Waals surface area contributed by atoms with Crippen molar-refractivity contribution in [2.45, 2.75) is 27.3 Å². The zero-order chi connectivity index (χ0) is 15.7. The number of ketones is 1. The molecule has 4 nitrogen and oxygen atoms in total. The van der Waals surface area contributed by atoms with Gasteiger partial charge in [-0.15, -0.1) is 11.3 Å². The molecule has 0 aliphatic rings. The van der Waals surface area contributed by atoms with Crippen molar-refractivity contribution in [1.82, 2.24) is 9.88 Å². The Hall–Kier alpha value is -1.59. The van der Waals surface area contributed by atoms with Gasteiger partial charge >= 0.3 is 0 Å². The van der Waals surface area contributed by atoms with Crippen LogP contribution in [-0.4, -0.2) is 28.6 Å². The second kappa shape index (κ2) is 6.03. The summed E-state index contributed by atoms with van der Waals surface area (Å²) in [5.41, 5.74) is 2.52. The van der Waals surface area contributed by atoms with Gasteiger partial charge in [-0.3, -0.25) is 9.59 Å². The third kappa shape index (κ3) is 3.19. The van der Waals surface area contributed by atoms with Crippen LogP contribution in [0.2, 0.25) is 4.34 Å². The standard InChI is InChI=1S/C15H17ClN2O2S/c1-8-13(10(3)19)9(2)17-14(8)15(20)18(4)7-11-5-6-12(16)21-11/h5-6,17H,7H2,1-4H3. The van der Waals surface area contributed by atoms with Crippen molar-refractivity contribution in [3.05, 3.63) is 43.9 Å². The van der Waals surface area contributed by atoms with Crippen LogP contribution in [0.25, 0.3) is 0 Å². The first-order chi connectivity index (χ1) is 9.81. The van der Waals surface area contributed by atoms with Crippen LogP contribution in [0.4, 0.5) is 0 Å². The molecule has 2 heterocycles. The van der Waals surface area contributed by atoms with Crippen molar-refractivity contribution in [3.8, 4) is 0 Å². The van der Waals surface area contributed by atoms with Gasteiger partial charge in [0.15, 0.2) is 5.78 Å². The molecule has 0 atom stereocenters. The number of halogens is 1. The van der Waals surface area contributed by atoms with Gasteiger partial charge in [0.25, 0.3) is 5.91 Å². The molecule has 2 aromatic rings. The van der Waals surface area contributed by atoms with Gasteiger partial charge < -0.3 is 9.88 Å². The molecule has 0 spiro atoms. The number of amides is 1. The van der Waals surface area contributed by atoms with E-state index in [0.717, 1.165) is 10.6 Å². The minimum absolute atomic E-state index is 0.0343. The topological polar surface area (TPSA) is 53.2 Å². The lowest BCUT2D eigenvalue weighted by Gasteiger charge is -2.16. The smallest absolute Gasteiger partial charge is 0.270 e.